The first-order valence-electron chi connectivity index (χ1n) is 11.7. The number of ether oxygens (including phenoxy) is 1. The topological polar surface area (TPSA) is 82.0 Å². The van der Waals surface area contributed by atoms with E-state index < -0.39 is 0 Å². The van der Waals surface area contributed by atoms with E-state index in [0.29, 0.717) is 31.2 Å². The number of aryl methyl sites for hydroxylation is 1. The van der Waals surface area contributed by atoms with Gasteiger partial charge in [0.2, 0.25) is 5.51 Å². The summed E-state index contributed by atoms with van der Waals surface area (Å²) in [4.78, 5) is 21.7. The number of anilines is 1. The Morgan fingerprint density at radius 2 is 1.75 bits per heavy atom. The molecule has 0 atom stereocenters. The number of nitrogens with zero attached hydrogens (tertiary/aromatic N) is 3. The Kier molecular flexibility index (Phi) is 14.1. The molecular weight excluding hydrogens is 444 g/mol. The molecule has 6 nitrogen and oxygen atoms in total. The summed E-state index contributed by atoms with van der Waals surface area (Å²) in [6.07, 6.45) is 14.3. The van der Waals surface area contributed by atoms with E-state index in [1.54, 1.807) is 17.5 Å². The maximum absolute atomic E-state index is 12.0. The van der Waals surface area contributed by atoms with Crippen molar-refractivity contribution in [2.45, 2.75) is 97.9 Å². The fourth-order valence-electron chi connectivity index (χ4n) is 3.57. The predicted octanol–water partition coefficient (Wildman–Crippen LogP) is 2.08. The van der Waals surface area contributed by atoms with Gasteiger partial charge in [0.15, 0.2) is 12.2 Å². The third kappa shape index (κ3) is 10.3. The van der Waals surface area contributed by atoms with Gasteiger partial charge in [-0.25, -0.2) is 9.97 Å². The molecule has 2 N–H and O–H groups in total. The van der Waals surface area contributed by atoms with Crippen LogP contribution in [0.25, 0.3) is 0 Å². The number of hydrogen-bond donors (Lipinski definition) is 1. The monoisotopic (exact) mass is 482 g/mol. The standard InChI is InChI=1S/C24H39N4O2S.ClH/c1-4-5-6-7-8-9-10-11-12-13-23(29)30-15-14-22-19(2)28(18-31-22)17-21-16-26-20(3)27-24(21)25;/h16,18H,4-15,17H2,1-3H3,(H2,25,26,27);1H/q+1;/p-1. The Hall–Kier alpha value is -1.73. The van der Waals surface area contributed by atoms with Crippen LogP contribution in [0.1, 0.15) is 93.1 Å². The minimum absolute atomic E-state index is 0. The van der Waals surface area contributed by atoms with Gasteiger partial charge in [0.1, 0.15) is 11.6 Å². The summed E-state index contributed by atoms with van der Waals surface area (Å²) in [7, 11) is 0. The summed E-state index contributed by atoms with van der Waals surface area (Å²) in [6.45, 7) is 7.25. The number of unbranched alkanes of at least 4 members (excludes halogenated alkanes) is 8. The molecule has 32 heavy (non-hydrogen) atoms. The van der Waals surface area contributed by atoms with E-state index in [1.165, 1.54) is 55.5 Å². The summed E-state index contributed by atoms with van der Waals surface area (Å²) in [6, 6.07) is 0. The third-order valence-electron chi connectivity index (χ3n) is 5.59. The van der Waals surface area contributed by atoms with Crippen molar-refractivity contribution in [2.24, 2.45) is 0 Å². The van der Waals surface area contributed by atoms with Crippen LogP contribution in [-0.2, 0) is 22.5 Å². The van der Waals surface area contributed by atoms with Crippen LogP contribution in [0.5, 0.6) is 0 Å². The van der Waals surface area contributed by atoms with E-state index in [-0.39, 0.29) is 18.4 Å². The van der Waals surface area contributed by atoms with Crippen molar-refractivity contribution in [3.63, 3.8) is 0 Å². The Labute approximate surface area is 203 Å². The van der Waals surface area contributed by atoms with Gasteiger partial charge in [-0.15, -0.1) is 0 Å². The second kappa shape index (κ2) is 16.0. The van der Waals surface area contributed by atoms with Gasteiger partial charge in [-0.05, 0) is 13.3 Å². The highest BCUT2D eigenvalue weighted by Gasteiger charge is 2.18. The van der Waals surface area contributed by atoms with Crippen LogP contribution in [0.3, 0.4) is 0 Å². The lowest BCUT2D eigenvalue weighted by molar-refractivity contribution is -0.689. The molecule has 2 aromatic heterocycles. The highest BCUT2D eigenvalue weighted by molar-refractivity contribution is 7.09. The van der Waals surface area contributed by atoms with Gasteiger partial charge >= 0.3 is 5.97 Å². The highest BCUT2D eigenvalue weighted by Crippen LogP contribution is 2.15. The van der Waals surface area contributed by atoms with Crippen molar-refractivity contribution in [1.82, 2.24) is 9.97 Å². The van der Waals surface area contributed by atoms with E-state index in [2.05, 4.69) is 33.9 Å². The smallest absolute Gasteiger partial charge is 0.305 e. The molecule has 0 saturated carbocycles. The Bertz CT molecular complexity index is 813. The Morgan fingerprint density at radius 1 is 1.09 bits per heavy atom. The molecule has 0 fully saturated rings. The zero-order valence-corrected chi connectivity index (χ0v) is 21.4. The average Bonchev–Trinajstić information content (AvgIpc) is 3.08. The van der Waals surface area contributed by atoms with Crippen LogP contribution in [-0.4, -0.2) is 22.5 Å². The summed E-state index contributed by atoms with van der Waals surface area (Å²) >= 11 is 1.68. The average molecular weight is 483 g/mol. The first-order valence-corrected chi connectivity index (χ1v) is 12.6. The Balaban J connectivity index is 0.00000512. The van der Waals surface area contributed by atoms with Crippen LogP contribution in [0.15, 0.2) is 11.7 Å². The van der Waals surface area contributed by atoms with Gasteiger partial charge in [-0.3, -0.25) is 4.79 Å². The number of halogens is 1. The molecule has 0 spiro atoms. The molecule has 0 aliphatic carbocycles. The van der Waals surface area contributed by atoms with E-state index in [1.807, 2.05) is 6.92 Å². The first-order chi connectivity index (χ1) is 15.0. The van der Waals surface area contributed by atoms with Crippen LogP contribution in [0, 0.1) is 13.8 Å². The van der Waals surface area contributed by atoms with Crippen molar-refractivity contribution in [3.05, 3.63) is 33.7 Å². The van der Waals surface area contributed by atoms with Crippen LogP contribution in [0.4, 0.5) is 5.82 Å². The van der Waals surface area contributed by atoms with Crippen LogP contribution in [0.2, 0.25) is 0 Å². The molecule has 0 radical (unpaired) electrons. The summed E-state index contributed by atoms with van der Waals surface area (Å²) in [5.74, 6) is 1.13. The molecule has 0 bridgehead atoms. The quantitative estimate of drug-likeness (QED) is 0.239. The second-order valence-electron chi connectivity index (χ2n) is 8.24. The summed E-state index contributed by atoms with van der Waals surface area (Å²) in [5.41, 5.74) is 10.2. The van der Waals surface area contributed by atoms with Crippen LogP contribution >= 0.6 is 11.3 Å². The number of nitrogens with two attached hydrogens (primary N) is 1. The fraction of sp³-hybridized carbons (Fsp3) is 0.667. The fourth-order valence-corrected chi connectivity index (χ4v) is 4.55. The number of esters is 1. The van der Waals surface area contributed by atoms with Crippen molar-refractivity contribution in [2.75, 3.05) is 12.3 Å². The van der Waals surface area contributed by atoms with E-state index >= 15 is 0 Å². The predicted molar refractivity (Wildman–Crippen MR) is 126 cm³/mol. The van der Waals surface area contributed by atoms with Crippen molar-refractivity contribution >= 4 is 23.1 Å². The first kappa shape index (κ1) is 28.3. The lowest BCUT2D eigenvalue weighted by atomic mass is 10.1. The van der Waals surface area contributed by atoms with Gasteiger partial charge in [0, 0.05) is 26.0 Å². The Morgan fingerprint density at radius 3 is 2.41 bits per heavy atom. The molecule has 0 saturated heterocycles. The molecule has 0 aliphatic heterocycles. The maximum Gasteiger partial charge on any atom is 0.305 e. The molecular formula is C24H39ClN4O2S. The molecule has 2 heterocycles. The number of nitrogen functional groups attached to an aromatic ring is 1. The van der Waals surface area contributed by atoms with Crippen LogP contribution < -0.4 is 22.7 Å². The zero-order valence-electron chi connectivity index (χ0n) is 19.9. The van der Waals surface area contributed by atoms with Gasteiger partial charge in [0.25, 0.3) is 0 Å². The van der Waals surface area contributed by atoms with Crippen molar-refractivity contribution in [1.29, 1.82) is 0 Å². The third-order valence-corrected chi connectivity index (χ3v) is 6.74. The van der Waals surface area contributed by atoms with Gasteiger partial charge in [0.05, 0.1) is 17.0 Å². The molecule has 2 rings (SSSR count). The molecule has 2 aromatic rings. The molecule has 8 heteroatoms. The summed E-state index contributed by atoms with van der Waals surface area (Å²) < 4.78 is 7.60. The van der Waals surface area contributed by atoms with E-state index in [4.69, 9.17) is 10.5 Å². The van der Waals surface area contributed by atoms with Crippen molar-refractivity contribution in [3.8, 4) is 0 Å². The summed E-state index contributed by atoms with van der Waals surface area (Å²) in [5, 5.41) is 0. The van der Waals surface area contributed by atoms with Crippen molar-refractivity contribution < 1.29 is 26.5 Å². The van der Waals surface area contributed by atoms with E-state index in [9.17, 15) is 4.79 Å². The second-order valence-corrected chi connectivity index (χ2v) is 9.18. The molecule has 180 valence electrons. The zero-order chi connectivity index (χ0) is 22.5. The van der Waals surface area contributed by atoms with Gasteiger partial charge in [-0.2, -0.15) is 4.57 Å². The molecule has 0 amide bonds. The number of carbonyl (C=O) groups excluding carboxylic acids is 1. The molecule has 0 aliphatic rings. The lowest BCUT2D eigenvalue weighted by Crippen LogP contribution is -3.00. The number of aromatic nitrogens is 3. The maximum atomic E-state index is 12.0. The molecule has 0 aromatic carbocycles. The minimum Gasteiger partial charge on any atom is -1.00 e. The largest absolute Gasteiger partial charge is 1.00 e. The molecule has 0 unspecified atom stereocenters. The van der Waals surface area contributed by atoms with E-state index in [0.717, 1.165) is 24.8 Å². The number of carbonyl (C=O) groups is 1. The minimum atomic E-state index is -0.0744. The van der Waals surface area contributed by atoms with Gasteiger partial charge in [-0.1, -0.05) is 69.6 Å². The SMILES string of the molecule is CCCCCCCCCCCC(=O)OCCc1sc[n+](Cc2cnc(C)nc2N)c1C.[Cl-]. The lowest BCUT2D eigenvalue weighted by Gasteiger charge is -2.05. The highest BCUT2D eigenvalue weighted by atomic mass is 35.5. The number of rotatable bonds is 15. The number of thiazole rings is 1. The van der Waals surface area contributed by atoms with Gasteiger partial charge < -0.3 is 22.9 Å². The number of hydrogen-bond acceptors (Lipinski definition) is 6. The normalized spacial score (nSPS) is 10.7.